The van der Waals surface area contributed by atoms with Crippen molar-refractivity contribution in [2.24, 2.45) is 11.8 Å². The summed E-state index contributed by atoms with van der Waals surface area (Å²) >= 11 is 0. The number of hydrogen-bond donors (Lipinski definition) is 2. The van der Waals surface area contributed by atoms with Gasteiger partial charge in [-0.15, -0.1) is 0 Å². The summed E-state index contributed by atoms with van der Waals surface area (Å²) in [6.45, 7) is 8.73. The Kier molecular flexibility index (Phi) is 5.80. The molecule has 1 saturated heterocycles. The van der Waals surface area contributed by atoms with Gasteiger partial charge in [-0.25, -0.2) is 4.98 Å². The van der Waals surface area contributed by atoms with Crippen molar-refractivity contribution in [3.63, 3.8) is 0 Å². The van der Waals surface area contributed by atoms with Gasteiger partial charge in [0.1, 0.15) is 5.82 Å². The van der Waals surface area contributed by atoms with Crippen LogP contribution >= 0.6 is 0 Å². The van der Waals surface area contributed by atoms with Crippen molar-refractivity contribution in [3.05, 3.63) is 23.9 Å². The number of hydrogen-bond acceptors (Lipinski definition) is 4. The molecule has 1 aliphatic rings. The number of anilines is 1. The van der Waals surface area contributed by atoms with Crippen molar-refractivity contribution in [2.45, 2.75) is 33.2 Å². The molecule has 0 saturated carbocycles. The van der Waals surface area contributed by atoms with E-state index in [-0.39, 0.29) is 0 Å². The van der Waals surface area contributed by atoms with Gasteiger partial charge in [0.15, 0.2) is 0 Å². The normalized spacial score (nSPS) is 19.0. The molecule has 1 unspecified atom stereocenters. The minimum Gasteiger partial charge on any atom is -0.396 e. The van der Waals surface area contributed by atoms with E-state index in [1.165, 1.54) is 12.0 Å². The molecular formula is C16H27N3O. The molecule has 112 valence electrons. The number of rotatable bonds is 7. The van der Waals surface area contributed by atoms with Gasteiger partial charge in [-0.1, -0.05) is 19.9 Å². The Morgan fingerprint density at radius 1 is 1.45 bits per heavy atom. The Labute approximate surface area is 122 Å². The summed E-state index contributed by atoms with van der Waals surface area (Å²) in [5, 5.41) is 12.4. The predicted molar refractivity (Wildman–Crippen MR) is 82.8 cm³/mol. The number of nitrogens with one attached hydrogen (secondary N) is 1. The smallest absolute Gasteiger partial charge is 0.128 e. The fourth-order valence-corrected chi connectivity index (χ4v) is 2.67. The highest BCUT2D eigenvalue weighted by Gasteiger charge is 2.22. The van der Waals surface area contributed by atoms with Gasteiger partial charge in [0.05, 0.1) is 0 Å². The first-order chi connectivity index (χ1) is 9.69. The second kappa shape index (κ2) is 7.60. The van der Waals surface area contributed by atoms with Crippen LogP contribution in [-0.2, 0) is 6.54 Å². The fourth-order valence-electron chi connectivity index (χ4n) is 2.67. The fraction of sp³-hybridized carbons (Fsp3) is 0.688. The van der Waals surface area contributed by atoms with Crippen LogP contribution in [0.4, 0.5) is 5.82 Å². The molecule has 0 spiro atoms. The van der Waals surface area contributed by atoms with Crippen LogP contribution in [0, 0.1) is 11.8 Å². The first-order valence-electron chi connectivity index (χ1n) is 7.70. The summed E-state index contributed by atoms with van der Waals surface area (Å²) in [7, 11) is 0. The van der Waals surface area contributed by atoms with Gasteiger partial charge in [0.2, 0.25) is 0 Å². The Hall–Kier alpha value is -1.13. The lowest BCUT2D eigenvalue weighted by Crippen LogP contribution is -2.22. The van der Waals surface area contributed by atoms with Gasteiger partial charge in [-0.3, -0.25) is 0 Å². The standard InChI is InChI=1S/C16H27N3O/c1-13(2)9-17-10-15-3-4-16(18-11-15)19-7-5-14(12-19)6-8-20/h3-4,11,13-14,17,20H,5-10,12H2,1-2H3. The van der Waals surface area contributed by atoms with E-state index in [1.807, 2.05) is 6.20 Å². The highest BCUT2D eigenvalue weighted by molar-refractivity contribution is 5.40. The summed E-state index contributed by atoms with van der Waals surface area (Å²) in [6, 6.07) is 4.28. The highest BCUT2D eigenvalue weighted by Crippen LogP contribution is 2.23. The third kappa shape index (κ3) is 4.46. The Morgan fingerprint density at radius 3 is 2.95 bits per heavy atom. The van der Waals surface area contributed by atoms with Crippen LogP contribution in [-0.4, -0.2) is 36.3 Å². The Bertz CT molecular complexity index is 391. The molecule has 0 aliphatic carbocycles. The molecule has 0 radical (unpaired) electrons. The van der Waals surface area contributed by atoms with E-state index in [2.05, 4.69) is 41.2 Å². The molecule has 1 atom stereocenters. The van der Waals surface area contributed by atoms with Gasteiger partial charge in [0, 0.05) is 32.4 Å². The molecule has 0 bridgehead atoms. The molecule has 1 aromatic heterocycles. The van der Waals surface area contributed by atoms with Gasteiger partial charge >= 0.3 is 0 Å². The summed E-state index contributed by atoms with van der Waals surface area (Å²) in [6.07, 6.45) is 4.05. The summed E-state index contributed by atoms with van der Waals surface area (Å²) in [5.74, 6) is 2.36. The number of aromatic nitrogens is 1. The van der Waals surface area contributed by atoms with Gasteiger partial charge < -0.3 is 15.3 Å². The summed E-state index contributed by atoms with van der Waals surface area (Å²) in [4.78, 5) is 6.90. The molecule has 0 amide bonds. The third-order valence-electron chi connectivity index (χ3n) is 3.84. The average Bonchev–Trinajstić information content (AvgIpc) is 2.88. The second-order valence-corrected chi connectivity index (χ2v) is 6.16. The summed E-state index contributed by atoms with van der Waals surface area (Å²) < 4.78 is 0. The number of pyridine rings is 1. The van der Waals surface area contributed by atoms with E-state index in [9.17, 15) is 0 Å². The van der Waals surface area contributed by atoms with E-state index in [1.54, 1.807) is 0 Å². The van der Waals surface area contributed by atoms with Gasteiger partial charge in [-0.2, -0.15) is 0 Å². The molecule has 1 fully saturated rings. The number of aliphatic hydroxyl groups is 1. The van der Waals surface area contributed by atoms with Crippen molar-refractivity contribution in [3.8, 4) is 0 Å². The number of aliphatic hydroxyl groups excluding tert-OH is 1. The maximum Gasteiger partial charge on any atom is 0.128 e. The van der Waals surface area contributed by atoms with E-state index < -0.39 is 0 Å². The second-order valence-electron chi connectivity index (χ2n) is 6.16. The molecule has 2 rings (SSSR count). The van der Waals surface area contributed by atoms with Crippen molar-refractivity contribution in [1.29, 1.82) is 0 Å². The molecule has 0 aromatic carbocycles. The van der Waals surface area contributed by atoms with Crippen molar-refractivity contribution in [1.82, 2.24) is 10.3 Å². The average molecular weight is 277 g/mol. The predicted octanol–water partition coefficient (Wildman–Crippen LogP) is 2.04. The molecule has 2 N–H and O–H groups in total. The van der Waals surface area contributed by atoms with E-state index >= 15 is 0 Å². The Morgan fingerprint density at radius 2 is 2.30 bits per heavy atom. The Balaban J connectivity index is 1.82. The largest absolute Gasteiger partial charge is 0.396 e. The lowest BCUT2D eigenvalue weighted by molar-refractivity contribution is 0.263. The molecule has 2 heterocycles. The van der Waals surface area contributed by atoms with Crippen molar-refractivity contribution >= 4 is 5.82 Å². The first-order valence-corrected chi connectivity index (χ1v) is 7.70. The van der Waals surface area contributed by atoms with Gasteiger partial charge in [-0.05, 0) is 42.9 Å². The van der Waals surface area contributed by atoms with Crippen LogP contribution in [0.2, 0.25) is 0 Å². The maximum absolute atomic E-state index is 9.00. The van der Waals surface area contributed by atoms with Crippen LogP contribution in [0.3, 0.4) is 0 Å². The molecule has 20 heavy (non-hydrogen) atoms. The molecule has 1 aromatic rings. The van der Waals surface area contributed by atoms with Crippen LogP contribution in [0.15, 0.2) is 18.3 Å². The van der Waals surface area contributed by atoms with Gasteiger partial charge in [0.25, 0.3) is 0 Å². The van der Waals surface area contributed by atoms with Crippen LogP contribution < -0.4 is 10.2 Å². The van der Waals surface area contributed by atoms with Crippen molar-refractivity contribution in [2.75, 3.05) is 31.1 Å². The van der Waals surface area contributed by atoms with Crippen LogP contribution in [0.1, 0.15) is 32.3 Å². The molecule has 4 heteroatoms. The molecular weight excluding hydrogens is 250 g/mol. The topological polar surface area (TPSA) is 48.4 Å². The van der Waals surface area contributed by atoms with E-state index in [0.717, 1.165) is 38.4 Å². The highest BCUT2D eigenvalue weighted by atomic mass is 16.3. The minimum absolute atomic E-state index is 0.298. The monoisotopic (exact) mass is 277 g/mol. The lowest BCUT2D eigenvalue weighted by atomic mass is 10.1. The lowest BCUT2D eigenvalue weighted by Gasteiger charge is -2.17. The van der Waals surface area contributed by atoms with Crippen molar-refractivity contribution < 1.29 is 5.11 Å². The SMILES string of the molecule is CC(C)CNCc1ccc(N2CCC(CCO)C2)nc1. The van der Waals surface area contributed by atoms with Crippen LogP contribution in [0.25, 0.3) is 0 Å². The first kappa shape index (κ1) is 15.3. The third-order valence-corrected chi connectivity index (χ3v) is 3.84. The zero-order chi connectivity index (χ0) is 14.4. The number of nitrogens with zero attached hydrogens (tertiary/aromatic N) is 2. The van der Waals surface area contributed by atoms with E-state index in [4.69, 9.17) is 5.11 Å². The zero-order valence-corrected chi connectivity index (χ0v) is 12.7. The minimum atomic E-state index is 0.298. The van der Waals surface area contributed by atoms with Crippen LogP contribution in [0.5, 0.6) is 0 Å². The molecule has 1 aliphatic heterocycles. The zero-order valence-electron chi connectivity index (χ0n) is 12.7. The van der Waals surface area contributed by atoms with E-state index in [0.29, 0.717) is 18.4 Å². The summed E-state index contributed by atoms with van der Waals surface area (Å²) in [5.41, 5.74) is 1.24. The molecule has 4 nitrogen and oxygen atoms in total. The maximum atomic E-state index is 9.00. The quantitative estimate of drug-likeness (QED) is 0.801.